The summed E-state index contributed by atoms with van der Waals surface area (Å²) < 4.78 is 39.7. The first-order chi connectivity index (χ1) is 7.68. The van der Waals surface area contributed by atoms with E-state index in [-0.39, 0.29) is 11.4 Å². The minimum Gasteiger partial charge on any atom is -0.348 e. The molecule has 0 aliphatic carbocycles. The second-order valence-electron chi connectivity index (χ2n) is 3.20. The zero-order valence-corrected chi connectivity index (χ0v) is 8.18. The van der Waals surface area contributed by atoms with Gasteiger partial charge in [-0.2, -0.15) is 0 Å². The Bertz CT molecular complexity index is 491. The predicted octanol–water partition coefficient (Wildman–Crippen LogP) is 3.85. The van der Waals surface area contributed by atoms with E-state index < -0.39 is 17.5 Å². The standard InChI is InChI=1S/C12H8F3N/c13-8-4-1-2-7-11(8)16-12-9(14)5-3-6-10(12)15/h1-7,16H. The fourth-order valence-corrected chi connectivity index (χ4v) is 1.31. The van der Waals surface area contributed by atoms with Gasteiger partial charge in [0, 0.05) is 0 Å². The molecular weight excluding hydrogens is 215 g/mol. The molecule has 0 fully saturated rings. The Balaban J connectivity index is 2.38. The van der Waals surface area contributed by atoms with Gasteiger partial charge in [-0.1, -0.05) is 18.2 Å². The van der Waals surface area contributed by atoms with Crippen LogP contribution >= 0.6 is 0 Å². The van der Waals surface area contributed by atoms with E-state index in [9.17, 15) is 13.2 Å². The highest BCUT2D eigenvalue weighted by molar-refractivity contribution is 5.61. The normalized spacial score (nSPS) is 10.2. The zero-order valence-electron chi connectivity index (χ0n) is 8.18. The van der Waals surface area contributed by atoms with Crippen LogP contribution in [0.5, 0.6) is 0 Å². The van der Waals surface area contributed by atoms with Gasteiger partial charge in [0.05, 0.1) is 5.69 Å². The maximum Gasteiger partial charge on any atom is 0.149 e. The molecule has 0 aromatic heterocycles. The average Bonchev–Trinajstić information content (AvgIpc) is 2.26. The van der Waals surface area contributed by atoms with Gasteiger partial charge in [0.15, 0.2) is 0 Å². The van der Waals surface area contributed by atoms with Crippen molar-refractivity contribution in [1.82, 2.24) is 0 Å². The first-order valence-corrected chi connectivity index (χ1v) is 4.64. The Morgan fingerprint density at radius 3 is 1.88 bits per heavy atom. The molecule has 0 spiro atoms. The lowest BCUT2D eigenvalue weighted by Gasteiger charge is -2.08. The van der Waals surface area contributed by atoms with E-state index in [4.69, 9.17) is 0 Å². The van der Waals surface area contributed by atoms with E-state index in [0.717, 1.165) is 12.1 Å². The summed E-state index contributed by atoms with van der Waals surface area (Å²) in [4.78, 5) is 0. The first kappa shape index (κ1) is 10.5. The number of nitrogens with one attached hydrogen (secondary N) is 1. The Hall–Kier alpha value is -1.97. The summed E-state index contributed by atoms with van der Waals surface area (Å²) in [6.45, 7) is 0. The molecular formula is C12H8F3N. The van der Waals surface area contributed by atoms with E-state index in [0.29, 0.717) is 0 Å². The predicted molar refractivity (Wildman–Crippen MR) is 56.0 cm³/mol. The lowest BCUT2D eigenvalue weighted by atomic mass is 10.2. The molecule has 0 atom stereocenters. The molecule has 2 aromatic rings. The number of para-hydroxylation sites is 2. The van der Waals surface area contributed by atoms with Crippen LogP contribution in [0.4, 0.5) is 24.5 Å². The molecule has 0 aliphatic rings. The Labute approximate surface area is 90.5 Å². The molecule has 0 heterocycles. The summed E-state index contributed by atoms with van der Waals surface area (Å²) in [5.41, 5.74) is -0.320. The molecule has 0 unspecified atom stereocenters. The fraction of sp³-hybridized carbons (Fsp3) is 0. The number of rotatable bonds is 2. The largest absolute Gasteiger partial charge is 0.348 e. The van der Waals surface area contributed by atoms with Gasteiger partial charge in [-0.3, -0.25) is 0 Å². The molecule has 0 bridgehead atoms. The van der Waals surface area contributed by atoms with Crippen molar-refractivity contribution in [3.8, 4) is 0 Å². The van der Waals surface area contributed by atoms with Gasteiger partial charge < -0.3 is 5.32 Å². The van der Waals surface area contributed by atoms with Crippen molar-refractivity contribution < 1.29 is 13.2 Å². The van der Waals surface area contributed by atoms with Crippen molar-refractivity contribution in [2.45, 2.75) is 0 Å². The van der Waals surface area contributed by atoms with Crippen molar-refractivity contribution in [3.05, 3.63) is 59.9 Å². The van der Waals surface area contributed by atoms with Gasteiger partial charge in [-0.25, -0.2) is 13.2 Å². The quantitative estimate of drug-likeness (QED) is 0.815. The summed E-state index contributed by atoms with van der Waals surface area (Å²) in [7, 11) is 0. The molecule has 1 N–H and O–H groups in total. The highest BCUT2D eigenvalue weighted by Gasteiger charge is 2.09. The molecule has 4 heteroatoms. The second-order valence-corrected chi connectivity index (χ2v) is 3.20. The molecule has 0 radical (unpaired) electrons. The van der Waals surface area contributed by atoms with Gasteiger partial charge in [0.1, 0.15) is 23.1 Å². The van der Waals surface area contributed by atoms with Crippen LogP contribution in [0.2, 0.25) is 0 Å². The van der Waals surface area contributed by atoms with E-state index in [1.165, 1.54) is 24.3 Å². The van der Waals surface area contributed by atoms with Crippen LogP contribution in [0, 0.1) is 17.5 Å². The highest BCUT2D eigenvalue weighted by Crippen LogP contribution is 2.24. The van der Waals surface area contributed by atoms with Crippen molar-refractivity contribution in [3.63, 3.8) is 0 Å². The third-order valence-electron chi connectivity index (χ3n) is 2.10. The minimum absolute atomic E-state index is 0.0338. The Kier molecular flexibility index (Phi) is 2.81. The molecule has 82 valence electrons. The number of hydrogen-bond donors (Lipinski definition) is 1. The molecule has 2 aromatic carbocycles. The summed E-state index contributed by atoms with van der Waals surface area (Å²) in [5.74, 6) is -2.09. The van der Waals surface area contributed by atoms with Gasteiger partial charge in [-0.05, 0) is 24.3 Å². The van der Waals surface area contributed by atoms with E-state index >= 15 is 0 Å². The Morgan fingerprint density at radius 1 is 0.688 bits per heavy atom. The van der Waals surface area contributed by atoms with Gasteiger partial charge in [-0.15, -0.1) is 0 Å². The summed E-state index contributed by atoms with van der Waals surface area (Å²) in [6, 6.07) is 9.14. The van der Waals surface area contributed by atoms with Crippen molar-refractivity contribution in [1.29, 1.82) is 0 Å². The maximum atomic E-state index is 13.2. The first-order valence-electron chi connectivity index (χ1n) is 4.64. The molecule has 0 saturated carbocycles. The topological polar surface area (TPSA) is 12.0 Å². The monoisotopic (exact) mass is 223 g/mol. The number of hydrogen-bond acceptors (Lipinski definition) is 1. The summed E-state index contributed by atoms with van der Waals surface area (Å²) in [5, 5.41) is 2.38. The van der Waals surface area contributed by atoms with E-state index in [1.54, 1.807) is 6.07 Å². The average molecular weight is 223 g/mol. The van der Waals surface area contributed by atoms with Crippen LogP contribution in [-0.2, 0) is 0 Å². The SMILES string of the molecule is Fc1ccccc1Nc1c(F)cccc1F. The Morgan fingerprint density at radius 2 is 1.25 bits per heavy atom. The molecule has 1 nitrogen and oxygen atoms in total. The molecule has 0 saturated heterocycles. The van der Waals surface area contributed by atoms with Crippen molar-refractivity contribution in [2.24, 2.45) is 0 Å². The van der Waals surface area contributed by atoms with Gasteiger partial charge in [0.2, 0.25) is 0 Å². The third-order valence-corrected chi connectivity index (χ3v) is 2.10. The second kappa shape index (κ2) is 4.26. The van der Waals surface area contributed by atoms with Crippen LogP contribution < -0.4 is 5.32 Å². The van der Waals surface area contributed by atoms with E-state index in [1.807, 2.05) is 0 Å². The van der Waals surface area contributed by atoms with Crippen LogP contribution in [0.1, 0.15) is 0 Å². The van der Waals surface area contributed by atoms with E-state index in [2.05, 4.69) is 5.32 Å². The fourth-order valence-electron chi connectivity index (χ4n) is 1.31. The van der Waals surface area contributed by atoms with Gasteiger partial charge in [0.25, 0.3) is 0 Å². The van der Waals surface area contributed by atoms with Gasteiger partial charge >= 0.3 is 0 Å². The third kappa shape index (κ3) is 2.00. The lowest BCUT2D eigenvalue weighted by molar-refractivity contribution is 0.589. The van der Waals surface area contributed by atoms with Crippen molar-refractivity contribution >= 4 is 11.4 Å². The molecule has 2 rings (SSSR count). The summed E-state index contributed by atoms with van der Waals surface area (Å²) in [6.07, 6.45) is 0. The number of benzene rings is 2. The van der Waals surface area contributed by atoms with Crippen molar-refractivity contribution in [2.75, 3.05) is 5.32 Å². The lowest BCUT2D eigenvalue weighted by Crippen LogP contribution is -1.98. The smallest absolute Gasteiger partial charge is 0.149 e. The highest BCUT2D eigenvalue weighted by atomic mass is 19.1. The zero-order chi connectivity index (χ0) is 11.5. The van der Waals surface area contributed by atoms with Crippen LogP contribution in [0.25, 0.3) is 0 Å². The molecule has 16 heavy (non-hydrogen) atoms. The minimum atomic E-state index is -0.761. The number of anilines is 2. The summed E-state index contributed by atoms with van der Waals surface area (Å²) >= 11 is 0. The van der Waals surface area contributed by atoms with Crippen LogP contribution in [0.15, 0.2) is 42.5 Å². The number of halogens is 3. The molecule has 0 amide bonds. The molecule has 0 aliphatic heterocycles. The maximum absolute atomic E-state index is 13.2. The van der Waals surface area contributed by atoms with Crippen LogP contribution in [-0.4, -0.2) is 0 Å². The van der Waals surface area contributed by atoms with Crippen LogP contribution in [0.3, 0.4) is 0 Å².